The zero-order chi connectivity index (χ0) is 19.4. The molecule has 2 aromatic carbocycles. The van der Waals surface area contributed by atoms with E-state index in [2.05, 4.69) is 20.2 Å². The fourth-order valence-corrected chi connectivity index (χ4v) is 3.19. The second-order valence-electron chi connectivity index (χ2n) is 5.33. The lowest BCUT2D eigenvalue weighted by Gasteiger charge is -2.09. The van der Waals surface area contributed by atoms with Crippen LogP contribution < -0.4 is 10.0 Å². The van der Waals surface area contributed by atoms with E-state index >= 15 is 0 Å². The molecule has 27 heavy (non-hydrogen) atoms. The maximum atomic E-state index is 12.9. The van der Waals surface area contributed by atoms with Gasteiger partial charge in [0.15, 0.2) is 11.0 Å². The van der Waals surface area contributed by atoms with E-state index in [1.807, 2.05) is 0 Å². The Bertz CT molecular complexity index is 1060. The van der Waals surface area contributed by atoms with Crippen LogP contribution >= 0.6 is 11.6 Å². The Morgan fingerprint density at radius 3 is 2.19 bits per heavy atom. The molecule has 0 spiro atoms. The van der Waals surface area contributed by atoms with E-state index in [9.17, 15) is 17.6 Å². The van der Waals surface area contributed by atoms with E-state index in [0.29, 0.717) is 5.69 Å². The molecule has 0 saturated carbocycles. The number of carbonyl (C=O) groups excluding carboxylic acids is 1. The van der Waals surface area contributed by atoms with Crippen LogP contribution in [0.1, 0.15) is 10.4 Å². The third-order valence-electron chi connectivity index (χ3n) is 3.40. The highest BCUT2D eigenvalue weighted by molar-refractivity contribution is 7.92. The number of benzene rings is 2. The lowest BCUT2D eigenvalue weighted by Crippen LogP contribution is -2.15. The quantitative estimate of drug-likeness (QED) is 0.676. The van der Waals surface area contributed by atoms with Gasteiger partial charge in [-0.3, -0.25) is 9.52 Å². The molecule has 1 heterocycles. The number of amides is 1. The molecule has 0 unspecified atom stereocenters. The maximum Gasteiger partial charge on any atom is 0.263 e. The van der Waals surface area contributed by atoms with Gasteiger partial charge in [-0.15, -0.1) is 10.2 Å². The van der Waals surface area contributed by atoms with Crippen LogP contribution in [0.2, 0.25) is 5.15 Å². The van der Waals surface area contributed by atoms with Crippen LogP contribution in [0.5, 0.6) is 0 Å². The molecule has 0 atom stereocenters. The van der Waals surface area contributed by atoms with Crippen molar-refractivity contribution in [2.24, 2.45) is 0 Å². The summed E-state index contributed by atoms with van der Waals surface area (Å²) in [6, 6.07) is 13.3. The fraction of sp³-hybridized carbons (Fsp3) is 0. The van der Waals surface area contributed by atoms with Crippen LogP contribution in [0.3, 0.4) is 0 Å². The van der Waals surface area contributed by atoms with Gasteiger partial charge in [-0.1, -0.05) is 11.6 Å². The standard InChI is InChI=1S/C17H12ClFN4O3S/c18-15-9-10-16(22-21-15)23-27(25,26)14-7-5-13(6-8-14)20-17(24)11-1-3-12(19)4-2-11/h1-10H,(H,20,24)(H,22,23). The highest BCUT2D eigenvalue weighted by atomic mass is 35.5. The van der Waals surface area contributed by atoms with E-state index < -0.39 is 21.7 Å². The Hall–Kier alpha value is -3.04. The predicted octanol–water partition coefficient (Wildman–Crippen LogP) is 3.32. The monoisotopic (exact) mass is 406 g/mol. The Kier molecular flexibility index (Phi) is 5.33. The van der Waals surface area contributed by atoms with Gasteiger partial charge < -0.3 is 5.32 Å². The summed E-state index contributed by atoms with van der Waals surface area (Å²) >= 11 is 5.61. The summed E-state index contributed by atoms with van der Waals surface area (Å²) in [5, 5.41) is 9.92. The fourth-order valence-electron chi connectivity index (χ4n) is 2.09. The average molecular weight is 407 g/mol. The molecule has 0 fully saturated rings. The number of nitrogens with zero attached hydrogens (tertiary/aromatic N) is 2. The number of anilines is 2. The summed E-state index contributed by atoms with van der Waals surface area (Å²) in [7, 11) is -3.88. The summed E-state index contributed by atoms with van der Waals surface area (Å²) in [6.45, 7) is 0. The minimum absolute atomic E-state index is 0.0214. The van der Waals surface area contributed by atoms with Crippen molar-refractivity contribution in [1.82, 2.24) is 10.2 Å². The van der Waals surface area contributed by atoms with Gasteiger partial charge >= 0.3 is 0 Å². The molecule has 0 aliphatic carbocycles. The zero-order valence-electron chi connectivity index (χ0n) is 13.6. The largest absolute Gasteiger partial charge is 0.322 e. The normalized spacial score (nSPS) is 11.0. The van der Waals surface area contributed by atoms with Crippen molar-refractivity contribution >= 4 is 39.0 Å². The second-order valence-corrected chi connectivity index (χ2v) is 7.40. The van der Waals surface area contributed by atoms with Gasteiger partial charge in [-0.25, -0.2) is 12.8 Å². The van der Waals surface area contributed by atoms with Crippen molar-refractivity contribution in [3.63, 3.8) is 0 Å². The minimum Gasteiger partial charge on any atom is -0.322 e. The average Bonchev–Trinajstić information content (AvgIpc) is 2.64. The number of hydrogen-bond acceptors (Lipinski definition) is 5. The molecule has 3 aromatic rings. The number of rotatable bonds is 5. The molecule has 10 heteroatoms. The molecule has 2 N–H and O–H groups in total. The first-order chi connectivity index (χ1) is 12.8. The SMILES string of the molecule is O=C(Nc1ccc(S(=O)(=O)Nc2ccc(Cl)nn2)cc1)c1ccc(F)cc1. The van der Waals surface area contributed by atoms with E-state index in [4.69, 9.17) is 11.6 Å². The zero-order valence-corrected chi connectivity index (χ0v) is 15.1. The van der Waals surface area contributed by atoms with Crippen LogP contribution in [0.4, 0.5) is 15.9 Å². The number of hydrogen-bond donors (Lipinski definition) is 2. The molecule has 0 aliphatic heterocycles. The first kappa shape index (κ1) is 18.7. The minimum atomic E-state index is -3.88. The lowest BCUT2D eigenvalue weighted by atomic mass is 10.2. The van der Waals surface area contributed by atoms with Gasteiger partial charge in [0.1, 0.15) is 5.82 Å². The van der Waals surface area contributed by atoms with Crippen molar-refractivity contribution in [2.75, 3.05) is 10.0 Å². The van der Waals surface area contributed by atoms with E-state index in [-0.39, 0.29) is 21.4 Å². The van der Waals surface area contributed by atoms with Gasteiger partial charge in [0, 0.05) is 11.3 Å². The molecule has 0 saturated heterocycles. The number of aromatic nitrogens is 2. The smallest absolute Gasteiger partial charge is 0.263 e. The Morgan fingerprint density at radius 1 is 0.926 bits per heavy atom. The summed E-state index contributed by atoms with van der Waals surface area (Å²) in [4.78, 5) is 12.1. The molecular formula is C17H12ClFN4O3S. The molecular weight excluding hydrogens is 395 g/mol. The second kappa shape index (κ2) is 7.68. The van der Waals surface area contributed by atoms with Crippen LogP contribution in [0.15, 0.2) is 65.6 Å². The molecule has 0 bridgehead atoms. The number of sulfonamides is 1. The maximum absolute atomic E-state index is 12.9. The van der Waals surface area contributed by atoms with Gasteiger partial charge in [-0.2, -0.15) is 0 Å². The molecule has 138 valence electrons. The van der Waals surface area contributed by atoms with E-state index in [1.165, 1.54) is 60.7 Å². The molecule has 0 radical (unpaired) electrons. The van der Waals surface area contributed by atoms with Gasteiger partial charge in [-0.05, 0) is 60.7 Å². The molecule has 1 amide bonds. The highest BCUT2D eigenvalue weighted by Gasteiger charge is 2.15. The Labute approximate surface area is 159 Å². The highest BCUT2D eigenvalue weighted by Crippen LogP contribution is 2.18. The summed E-state index contributed by atoms with van der Waals surface area (Å²) < 4.78 is 39.8. The topological polar surface area (TPSA) is 101 Å². The van der Waals surface area contributed by atoms with Gasteiger partial charge in [0.25, 0.3) is 15.9 Å². The van der Waals surface area contributed by atoms with Crippen LogP contribution in [-0.2, 0) is 10.0 Å². The van der Waals surface area contributed by atoms with E-state index in [1.54, 1.807) is 0 Å². The van der Waals surface area contributed by atoms with Gasteiger partial charge in [0.2, 0.25) is 0 Å². The number of carbonyl (C=O) groups is 1. The van der Waals surface area contributed by atoms with Crippen molar-refractivity contribution in [3.05, 3.63) is 77.2 Å². The summed E-state index contributed by atoms with van der Waals surface area (Å²) in [5.41, 5.74) is 0.658. The van der Waals surface area contributed by atoms with Crippen LogP contribution in [-0.4, -0.2) is 24.5 Å². The van der Waals surface area contributed by atoms with Crippen molar-refractivity contribution in [2.45, 2.75) is 4.90 Å². The molecule has 3 rings (SSSR count). The molecule has 0 aliphatic rings. The first-order valence-electron chi connectivity index (χ1n) is 7.52. The molecule has 1 aromatic heterocycles. The summed E-state index contributed by atoms with van der Waals surface area (Å²) in [5.74, 6) is -0.868. The van der Waals surface area contributed by atoms with Crippen molar-refractivity contribution in [3.8, 4) is 0 Å². The van der Waals surface area contributed by atoms with Gasteiger partial charge in [0.05, 0.1) is 4.90 Å². The van der Waals surface area contributed by atoms with Crippen molar-refractivity contribution in [1.29, 1.82) is 0 Å². The summed E-state index contributed by atoms with van der Waals surface area (Å²) in [6.07, 6.45) is 0. The molecule has 7 nitrogen and oxygen atoms in total. The third-order valence-corrected chi connectivity index (χ3v) is 4.97. The van der Waals surface area contributed by atoms with E-state index in [0.717, 1.165) is 0 Å². The first-order valence-corrected chi connectivity index (χ1v) is 9.39. The third kappa shape index (κ3) is 4.78. The number of halogens is 2. The lowest BCUT2D eigenvalue weighted by molar-refractivity contribution is 0.102. The van der Waals surface area contributed by atoms with Crippen LogP contribution in [0.25, 0.3) is 0 Å². The number of nitrogens with one attached hydrogen (secondary N) is 2. The Morgan fingerprint density at radius 2 is 1.59 bits per heavy atom. The Balaban J connectivity index is 1.71. The van der Waals surface area contributed by atoms with Crippen LogP contribution in [0, 0.1) is 5.82 Å². The van der Waals surface area contributed by atoms with Crippen molar-refractivity contribution < 1.29 is 17.6 Å². The predicted molar refractivity (Wildman–Crippen MR) is 98.6 cm³/mol.